The zero-order chi connectivity index (χ0) is 9.82. The van der Waals surface area contributed by atoms with Crippen LogP contribution in [0.2, 0.25) is 0 Å². The molecule has 0 saturated carbocycles. The van der Waals surface area contributed by atoms with Gasteiger partial charge in [0.25, 0.3) is 0 Å². The minimum absolute atomic E-state index is 0.750. The molecule has 0 spiro atoms. The lowest BCUT2D eigenvalue weighted by Crippen LogP contribution is -1.69. The molecule has 1 aromatic heterocycles. The largest absolute Gasteiger partial charge is 0.307 e. The van der Waals surface area contributed by atoms with Crippen molar-refractivity contribution in [3.63, 3.8) is 0 Å². The van der Waals surface area contributed by atoms with E-state index < -0.39 is 0 Å². The molecule has 3 heteroatoms. The Balaban J connectivity index is 0. The van der Waals surface area contributed by atoms with Gasteiger partial charge in [-0.05, 0) is 25.5 Å². The molecule has 0 fully saturated rings. The molecule has 0 bridgehead atoms. The molecular weight excluding hydrogens is 154 g/mol. The van der Waals surface area contributed by atoms with Gasteiger partial charge in [0.15, 0.2) is 0 Å². The van der Waals surface area contributed by atoms with Crippen molar-refractivity contribution >= 4 is 13.1 Å². The van der Waals surface area contributed by atoms with Gasteiger partial charge in [0, 0.05) is 12.4 Å². The van der Waals surface area contributed by atoms with Crippen molar-refractivity contribution in [2.24, 2.45) is 0 Å². The number of pyridine rings is 1. The Morgan fingerprint density at radius 1 is 1.50 bits per heavy atom. The van der Waals surface area contributed by atoms with Crippen LogP contribution in [0.4, 0.5) is 0 Å². The van der Waals surface area contributed by atoms with Crippen LogP contribution in [-0.4, -0.2) is 18.1 Å². The fourth-order valence-electron chi connectivity index (χ4n) is 0.448. The molecule has 3 nitrogen and oxygen atoms in total. The van der Waals surface area contributed by atoms with Crippen molar-refractivity contribution < 1.29 is 9.59 Å². The van der Waals surface area contributed by atoms with E-state index in [1.54, 1.807) is 6.20 Å². The van der Waals surface area contributed by atoms with Gasteiger partial charge in [-0.1, -0.05) is 6.07 Å². The Kier molecular flexibility index (Phi) is 13.3. The van der Waals surface area contributed by atoms with E-state index in [9.17, 15) is 0 Å². The fourth-order valence-corrected chi connectivity index (χ4v) is 0.448. The predicted molar refractivity (Wildman–Crippen MR) is 47.8 cm³/mol. The van der Waals surface area contributed by atoms with E-state index in [4.69, 9.17) is 9.59 Å². The van der Waals surface area contributed by atoms with Crippen LogP contribution in [0.1, 0.15) is 12.5 Å². The molecule has 66 valence electrons. The lowest BCUT2D eigenvalue weighted by Gasteiger charge is -1.82. The third-order valence-corrected chi connectivity index (χ3v) is 0.809. The quantitative estimate of drug-likeness (QED) is 0.549. The normalized spacial score (nSPS) is 6.50. The van der Waals surface area contributed by atoms with Crippen molar-refractivity contribution in [2.75, 3.05) is 0 Å². The van der Waals surface area contributed by atoms with Gasteiger partial charge in [0.1, 0.15) is 13.1 Å². The number of carbonyl (C=O) groups is 2. The van der Waals surface area contributed by atoms with E-state index in [-0.39, 0.29) is 0 Å². The Bertz CT molecular complexity index is 187. The molecule has 1 aromatic rings. The molecule has 0 aliphatic heterocycles. The molecule has 1 heterocycles. The molecule has 0 amide bonds. The Morgan fingerprint density at radius 2 is 2.00 bits per heavy atom. The fraction of sp³-hybridized carbons (Fsp3) is 0.222. The third-order valence-electron chi connectivity index (χ3n) is 0.809. The first kappa shape index (κ1) is 13.1. The van der Waals surface area contributed by atoms with Crippen LogP contribution in [0.25, 0.3) is 0 Å². The van der Waals surface area contributed by atoms with Gasteiger partial charge >= 0.3 is 0 Å². The summed E-state index contributed by atoms with van der Waals surface area (Å²) >= 11 is 0. The smallest absolute Gasteiger partial charge is 0.116 e. The summed E-state index contributed by atoms with van der Waals surface area (Å²) in [6.45, 7) is 5.47. The first-order valence-corrected chi connectivity index (χ1v) is 3.36. The highest BCUT2D eigenvalue weighted by molar-refractivity contribution is 5.44. The van der Waals surface area contributed by atoms with E-state index >= 15 is 0 Å². The van der Waals surface area contributed by atoms with Crippen LogP contribution in [-0.2, 0) is 9.59 Å². The van der Waals surface area contributed by atoms with Crippen molar-refractivity contribution in [1.82, 2.24) is 4.98 Å². The summed E-state index contributed by atoms with van der Waals surface area (Å²) in [5.74, 6) is 0. The average molecular weight is 167 g/mol. The number of carbonyl (C=O) groups excluding carboxylic acids is 2. The molecule has 1 rings (SSSR count). The lowest BCUT2D eigenvalue weighted by atomic mass is 10.3. The molecule has 0 atom stereocenters. The number of aromatic nitrogens is 1. The van der Waals surface area contributed by atoms with Crippen LogP contribution in [0, 0.1) is 6.92 Å². The van der Waals surface area contributed by atoms with E-state index in [1.165, 1.54) is 12.5 Å². The molecule has 0 aliphatic rings. The second-order valence-corrected chi connectivity index (χ2v) is 1.77. The maximum atomic E-state index is 8.81. The zero-order valence-corrected chi connectivity index (χ0v) is 7.36. The van der Waals surface area contributed by atoms with Crippen LogP contribution >= 0.6 is 0 Å². The van der Waals surface area contributed by atoms with E-state index in [2.05, 4.69) is 4.98 Å². The first-order valence-electron chi connectivity index (χ1n) is 3.36. The number of aldehydes is 1. The summed E-state index contributed by atoms with van der Waals surface area (Å²) in [6, 6.07) is 3.95. The highest BCUT2D eigenvalue weighted by atomic mass is 16.1. The lowest BCUT2D eigenvalue weighted by molar-refractivity contribution is -0.106. The van der Waals surface area contributed by atoms with Crippen molar-refractivity contribution in [3.8, 4) is 0 Å². The molecular formula is C9H13NO2. The van der Waals surface area contributed by atoms with E-state index in [1.807, 2.05) is 32.0 Å². The summed E-state index contributed by atoms with van der Waals surface area (Å²) in [7, 11) is 0. The SMILES string of the molecule is C=O.CC=O.Cc1cccnc1. The molecule has 0 aromatic carbocycles. The maximum absolute atomic E-state index is 8.81. The third kappa shape index (κ3) is 11.3. The predicted octanol–water partition coefficient (Wildman–Crippen LogP) is 1.41. The zero-order valence-electron chi connectivity index (χ0n) is 7.36. The highest BCUT2D eigenvalue weighted by Crippen LogP contribution is 1.88. The van der Waals surface area contributed by atoms with Crippen molar-refractivity contribution in [2.45, 2.75) is 13.8 Å². The molecule has 0 saturated heterocycles. The number of hydrogen-bond donors (Lipinski definition) is 0. The van der Waals surface area contributed by atoms with Crippen LogP contribution in [0.3, 0.4) is 0 Å². The van der Waals surface area contributed by atoms with Gasteiger partial charge in [-0.25, -0.2) is 0 Å². The second-order valence-electron chi connectivity index (χ2n) is 1.77. The second kappa shape index (κ2) is 12.2. The first-order chi connectivity index (χ1) is 5.81. The Hall–Kier alpha value is -1.51. The number of rotatable bonds is 0. The number of aryl methyl sites for hydroxylation is 1. The van der Waals surface area contributed by atoms with Crippen molar-refractivity contribution in [1.29, 1.82) is 0 Å². The summed E-state index contributed by atoms with van der Waals surface area (Å²) in [4.78, 5) is 20.7. The summed E-state index contributed by atoms with van der Waals surface area (Å²) < 4.78 is 0. The van der Waals surface area contributed by atoms with Crippen LogP contribution < -0.4 is 0 Å². The standard InChI is InChI=1S/C6H7N.C2H4O.CH2O/c1-6-3-2-4-7-5-6;1-2-3;1-2/h2-5H,1H3;2H,1H3;1H2. The molecule has 0 aliphatic carbocycles. The van der Waals surface area contributed by atoms with Crippen molar-refractivity contribution in [3.05, 3.63) is 30.1 Å². The summed E-state index contributed by atoms with van der Waals surface area (Å²) in [5.41, 5.74) is 1.21. The van der Waals surface area contributed by atoms with Gasteiger partial charge in [0.05, 0.1) is 0 Å². The molecule has 0 radical (unpaired) electrons. The monoisotopic (exact) mass is 167 g/mol. The Morgan fingerprint density at radius 3 is 2.17 bits per heavy atom. The van der Waals surface area contributed by atoms with E-state index in [0.29, 0.717) is 0 Å². The van der Waals surface area contributed by atoms with Gasteiger partial charge in [-0.3, -0.25) is 4.98 Å². The molecule has 0 unspecified atom stereocenters. The van der Waals surface area contributed by atoms with Crippen LogP contribution in [0.15, 0.2) is 24.5 Å². The van der Waals surface area contributed by atoms with Gasteiger partial charge in [-0.15, -0.1) is 0 Å². The van der Waals surface area contributed by atoms with Gasteiger partial charge in [-0.2, -0.15) is 0 Å². The number of hydrogen-bond acceptors (Lipinski definition) is 3. The topological polar surface area (TPSA) is 47.0 Å². The number of nitrogens with zero attached hydrogens (tertiary/aromatic N) is 1. The minimum Gasteiger partial charge on any atom is -0.307 e. The maximum Gasteiger partial charge on any atom is 0.116 e. The van der Waals surface area contributed by atoms with Crippen LogP contribution in [0.5, 0.6) is 0 Å². The molecule has 12 heavy (non-hydrogen) atoms. The molecule has 0 N–H and O–H groups in total. The van der Waals surface area contributed by atoms with E-state index in [0.717, 1.165) is 6.29 Å². The highest BCUT2D eigenvalue weighted by Gasteiger charge is 1.73. The van der Waals surface area contributed by atoms with Gasteiger partial charge < -0.3 is 9.59 Å². The summed E-state index contributed by atoms with van der Waals surface area (Å²) in [6.07, 6.45) is 4.35. The summed E-state index contributed by atoms with van der Waals surface area (Å²) in [5, 5.41) is 0. The van der Waals surface area contributed by atoms with Gasteiger partial charge in [0.2, 0.25) is 0 Å². The average Bonchev–Trinajstić information content (AvgIpc) is 2.11. The minimum atomic E-state index is 0.750. The Labute approximate surface area is 72.4 Å².